The summed E-state index contributed by atoms with van der Waals surface area (Å²) in [6.07, 6.45) is 0. The van der Waals surface area contributed by atoms with Crippen molar-refractivity contribution in [1.29, 1.82) is 0 Å². The van der Waals surface area contributed by atoms with Crippen LogP contribution in [0, 0.1) is 0 Å². The Morgan fingerprint density at radius 3 is 2.07 bits per heavy atom. The minimum Gasteiger partial charge on any atom is -0.493 e. The van der Waals surface area contributed by atoms with Crippen molar-refractivity contribution in [1.82, 2.24) is 4.90 Å². The van der Waals surface area contributed by atoms with Gasteiger partial charge in [-0.15, -0.1) is 0 Å². The molecular weight excluding hydrogens is 350 g/mol. The first-order valence-electron chi connectivity index (χ1n) is 8.17. The van der Waals surface area contributed by atoms with Crippen molar-refractivity contribution >= 4 is 22.8 Å². The van der Waals surface area contributed by atoms with Crippen molar-refractivity contribution in [3.63, 3.8) is 0 Å². The lowest BCUT2D eigenvalue weighted by atomic mass is 10.1. The third kappa shape index (κ3) is 2.64. The van der Waals surface area contributed by atoms with Gasteiger partial charge in [0.25, 0.3) is 11.8 Å². The van der Waals surface area contributed by atoms with E-state index in [2.05, 4.69) is 0 Å². The zero-order valence-electron chi connectivity index (χ0n) is 14.6. The first-order chi connectivity index (χ1) is 13.0. The highest BCUT2D eigenvalue weighted by atomic mass is 16.5. The largest absolute Gasteiger partial charge is 0.493 e. The average molecular weight is 365 g/mol. The van der Waals surface area contributed by atoms with E-state index in [9.17, 15) is 14.4 Å². The van der Waals surface area contributed by atoms with Crippen LogP contribution >= 0.6 is 0 Å². The number of imide groups is 1. The smallest absolute Gasteiger partial charge is 0.336 e. The van der Waals surface area contributed by atoms with E-state index in [-0.39, 0.29) is 12.1 Å². The van der Waals surface area contributed by atoms with E-state index in [1.807, 2.05) is 0 Å². The average Bonchev–Trinajstić information content (AvgIpc) is 2.92. The Morgan fingerprint density at radius 2 is 1.48 bits per heavy atom. The van der Waals surface area contributed by atoms with Crippen LogP contribution in [0.4, 0.5) is 0 Å². The number of nitrogens with zero attached hydrogens (tertiary/aromatic N) is 1. The van der Waals surface area contributed by atoms with Crippen LogP contribution in [0.2, 0.25) is 0 Å². The molecule has 7 nitrogen and oxygen atoms in total. The molecular formula is C20H15NO6. The Bertz CT molecular complexity index is 1110. The van der Waals surface area contributed by atoms with Gasteiger partial charge >= 0.3 is 5.63 Å². The van der Waals surface area contributed by atoms with Gasteiger partial charge < -0.3 is 13.9 Å². The Labute approximate surface area is 153 Å². The Kier molecular flexibility index (Phi) is 3.92. The van der Waals surface area contributed by atoms with E-state index in [1.54, 1.807) is 36.4 Å². The van der Waals surface area contributed by atoms with Gasteiger partial charge in [0.2, 0.25) is 0 Å². The summed E-state index contributed by atoms with van der Waals surface area (Å²) < 4.78 is 15.8. The molecule has 0 aliphatic carbocycles. The van der Waals surface area contributed by atoms with Gasteiger partial charge in [-0.2, -0.15) is 0 Å². The number of ether oxygens (including phenoxy) is 2. The number of methoxy groups -OCH3 is 2. The van der Waals surface area contributed by atoms with E-state index in [0.717, 1.165) is 4.90 Å². The van der Waals surface area contributed by atoms with E-state index in [1.165, 1.54) is 20.3 Å². The highest BCUT2D eigenvalue weighted by Gasteiger charge is 2.35. The maximum Gasteiger partial charge on any atom is 0.336 e. The molecule has 0 radical (unpaired) electrons. The Morgan fingerprint density at radius 1 is 0.889 bits per heavy atom. The van der Waals surface area contributed by atoms with Crippen molar-refractivity contribution in [2.75, 3.05) is 14.2 Å². The zero-order valence-corrected chi connectivity index (χ0v) is 14.6. The van der Waals surface area contributed by atoms with Gasteiger partial charge in [-0.1, -0.05) is 12.1 Å². The summed E-state index contributed by atoms with van der Waals surface area (Å²) in [6, 6.07) is 11.1. The predicted molar refractivity (Wildman–Crippen MR) is 96.2 cm³/mol. The number of carbonyl (C=O) groups excluding carboxylic acids is 2. The highest BCUT2D eigenvalue weighted by molar-refractivity contribution is 6.21. The van der Waals surface area contributed by atoms with Gasteiger partial charge in [-0.05, 0) is 23.8 Å². The molecule has 1 aliphatic heterocycles. The molecule has 0 unspecified atom stereocenters. The summed E-state index contributed by atoms with van der Waals surface area (Å²) in [4.78, 5) is 38.3. The number of hydrogen-bond acceptors (Lipinski definition) is 6. The molecule has 2 amide bonds. The zero-order chi connectivity index (χ0) is 19.1. The Balaban J connectivity index is 1.82. The fourth-order valence-electron chi connectivity index (χ4n) is 3.24. The van der Waals surface area contributed by atoms with E-state index in [4.69, 9.17) is 13.9 Å². The second-order valence-electron chi connectivity index (χ2n) is 6.04. The quantitative estimate of drug-likeness (QED) is 0.522. The summed E-state index contributed by atoms with van der Waals surface area (Å²) in [5.74, 6) is 0.0726. The molecule has 4 rings (SSSR count). The van der Waals surface area contributed by atoms with Crippen LogP contribution in [-0.4, -0.2) is 30.9 Å². The molecule has 0 N–H and O–H groups in total. The molecule has 0 fully saturated rings. The maximum absolute atomic E-state index is 12.6. The van der Waals surface area contributed by atoms with Crippen molar-refractivity contribution in [2.24, 2.45) is 0 Å². The lowest BCUT2D eigenvalue weighted by molar-refractivity contribution is 0.0642. The highest BCUT2D eigenvalue weighted by Crippen LogP contribution is 2.34. The topological polar surface area (TPSA) is 86.0 Å². The van der Waals surface area contributed by atoms with Crippen LogP contribution in [0.15, 0.2) is 51.7 Å². The molecule has 2 aromatic carbocycles. The second-order valence-corrected chi connectivity index (χ2v) is 6.04. The number of rotatable bonds is 4. The lowest BCUT2D eigenvalue weighted by Gasteiger charge is -2.16. The van der Waals surface area contributed by atoms with Crippen molar-refractivity contribution in [3.05, 3.63) is 69.6 Å². The molecule has 1 aliphatic rings. The molecule has 0 spiro atoms. The maximum atomic E-state index is 12.6. The van der Waals surface area contributed by atoms with E-state index in [0.29, 0.717) is 33.6 Å². The van der Waals surface area contributed by atoms with E-state index >= 15 is 0 Å². The van der Waals surface area contributed by atoms with Crippen LogP contribution < -0.4 is 15.1 Å². The standard InChI is InChI=1S/C20H15NO6/c1-25-16-8-14-11(7-18(22)27-15(14)9-17(16)26-2)10-21-19(23)12-5-3-4-6-13(12)20(21)24/h3-9H,10H2,1-2H3. The fourth-order valence-corrected chi connectivity index (χ4v) is 3.24. The summed E-state index contributed by atoms with van der Waals surface area (Å²) in [6.45, 7) is -0.0517. The van der Waals surface area contributed by atoms with Crippen molar-refractivity contribution < 1.29 is 23.5 Å². The normalized spacial score (nSPS) is 13.2. The molecule has 136 valence electrons. The summed E-state index contributed by atoms with van der Waals surface area (Å²) >= 11 is 0. The predicted octanol–water partition coefficient (Wildman–Crippen LogP) is 2.61. The van der Waals surface area contributed by atoms with Crippen LogP contribution in [0.25, 0.3) is 11.0 Å². The molecule has 3 aromatic rings. The molecule has 0 saturated heterocycles. The molecule has 1 aromatic heterocycles. The minimum absolute atomic E-state index is 0.0517. The fraction of sp³-hybridized carbons (Fsp3) is 0.150. The first kappa shape index (κ1) is 16.8. The molecule has 0 atom stereocenters. The van der Waals surface area contributed by atoms with Crippen LogP contribution in [0.5, 0.6) is 11.5 Å². The van der Waals surface area contributed by atoms with Crippen LogP contribution in [0.1, 0.15) is 26.3 Å². The molecule has 7 heteroatoms. The number of fused-ring (bicyclic) bond motifs is 2. The minimum atomic E-state index is -0.582. The number of hydrogen-bond donors (Lipinski definition) is 0. The van der Waals surface area contributed by atoms with Gasteiger partial charge in [0.15, 0.2) is 11.5 Å². The Hall–Kier alpha value is -3.61. The number of carbonyl (C=O) groups is 2. The molecule has 0 bridgehead atoms. The third-order valence-electron chi connectivity index (χ3n) is 4.54. The second kappa shape index (κ2) is 6.28. The SMILES string of the molecule is COc1cc2oc(=O)cc(CN3C(=O)c4ccccc4C3=O)c2cc1OC. The summed E-state index contributed by atoms with van der Waals surface area (Å²) in [5, 5.41) is 0.559. The van der Waals surface area contributed by atoms with E-state index < -0.39 is 17.4 Å². The van der Waals surface area contributed by atoms with Crippen molar-refractivity contribution in [3.8, 4) is 11.5 Å². The third-order valence-corrected chi connectivity index (χ3v) is 4.54. The van der Waals surface area contributed by atoms with Crippen LogP contribution in [0.3, 0.4) is 0 Å². The monoisotopic (exact) mass is 365 g/mol. The van der Waals surface area contributed by atoms with Crippen LogP contribution in [-0.2, 0) is 6.54 Å². The van der Waals surface area contributed by atoms with Gasteiger partial charge in [0, 0.05) is 17.5 Å². The van der Waals surface area contributed by atoms with Gasteiger partial charge in [-0.3, -0.25) is 14.5 Å². The summed E-state index contributed by atoms with van der Waals surface area (Å²) in [5.41, 5.74) is 0.896. The van der Waals surface area contributed by atoms with Gasteiger partial charge in [-0.25, -0.2) is 4.79 Å². The van der Waals surface area contributed by atoms with Gasteiger partial charge in [0.05, 0.1) is 31.9 Å². The molecule has 2 heterocycles. The number of benzene rings is 2. The molecule has 27 heavy (non-hydrogen) atoms. The number of amides is 2. The van der Waals surface area contributed by atoms with Gasteiger partial charge in [0.1, 0.15) is 5.58 Å². The summed E-state index contributed by atoms with van der Waals surface area (Å²) in [7, 11) is 2.97. The lowest BCUT2D eigenvalue weighted by Crippen LogP contribution is -2.29. The first-order valence-corrected chi connectivity index (χ1v) is 8.17. The molecule has 0 saturated carbocycles. The van der Waals surface area contributed by atoms with Crippen molar-refractivity contribution in [2.45, 2.75) is 6.54 Å².